The van der Waals surface area contributed by atoms with Crippen LogP contribution in [0, 0.1) is 0 Å². The van der Waals surface area contributed by atoms with Crippen LogP contribution in [-0.4, -0.2) is 47.6 Å². The monoisotopic (exact) mass is 251 g/mol. The molecule has 100 valence electrons. The molecule has 0 fully saturated rings. The van der Waals surface area contributed by atoms with E-state index in [9.17, 15) is 4.79 Å². The standard InChI is InChI=1S/C13H21N3O2/c1-3-8-14-12-7-4-6-11(15-12)13(18)16(2)9-5-10-17/h4,6-7,17H,3,5,8-10H2,1-2H3,(H,14,15). The Labute approximate surface area is 108 Å². The largest absolute Gasteiger partial charge is 0.396 e. The fraction of sp³-hybridized carbons (Fsp3) is 0.538. The van der Waals surface area contributed by atoms with Gasteiger partial charge in [-0.3, -0.25) is 4.79 Å². The van der Waals surface area contributed by atoms with E-state index < -0.39 is 0 Å². The van der Waals surface area contributed by atoms with E-state index in [1.54, 1.807) is 18.0 Å². The van der Waals surface area contributed by atoms with Gasteiger partial charge in [0.1, 0.15) is 11.5 Å². The van der Waals surface area contributed by atoms with Crippen molar-refractivity contribution in [3.8, 4) is 0 Å². The Balaban J connectivity index is 2.67. The van der Waals surface area contributed by atoms with Crippen LogP contribution in [0.5, 0.6) is 0 Å². The van der Waals surface area contributed by atoms with Crippen LogP contribution in [0.1, 0.15) is 30.3 Å². The van der Waals surface area contributed by atoms with E-state index in [2.05, 4.69) is 17.2 Å². The average molecular weight is 251 g/mol. The number of rotatable bonds is 7. The van der Waals surface area contributed by atoms with Gasteiger partial charge >= 0.3 is 0 Å². The van der Waals surface area contributed by atoms with Crippen LogP contribution in [-0.2, 0) is 0 Å². The third kappa shape index (κ3) is 4.33. The molecule has 2 N–H and O–H groups in total. The molecule has 0 spiro atoms. The smallest absolute Gasteiger partial charge is 0.272 e. The maximum Gasteiger partial charge on any atom is 0.272 e. The number of hydrogen-bond acceptors (Lipinski definition) is 4. The van der Waals surface area contributed by atoms with Crippen molar-refractivity contribution >= 4 is 11.7 Å². The van der Waals surface area contributed by atoms with Gasteiger partial charge in [-0.25, -0.2) is 4.98 Å². The van der Waals surface area contributed by atoms with Crippen molar-refractivity contribution in [2.45, 2.75) is 19.8 Å². The van der Waals surface area contributed by atoms with Crippen LogP contribution in [0.3, 0.4) is 0 Å². The summed E-state index contributed by atoms with van der Waals surface area (Å²) in [6, 6.07) is 5.37. The zero-order valence-electron chi connectivity index (χ0n) is 11.0. The van der Waals surface area contributed by atoms with Gasteiger partial charge in [0.25, 0.3) is 5.91 Å². The molecule has 1 rings (SSSR count). The Bertz CT molecular complexity index is 382. The predicted molar refractivity (Wildman–Crippen MR) is 71.7 cm³/mol. The molecule has 0 atom stereocenters. The second-order valence-electron chi connectivity index (χ2n) is 4.14. The first-order valence-electron chi connectivity index (χ1n) is 6.26. The molecule has 0 aliphatic carbocycles. The van der Waals surface area contributed by atoms with Crippen LogP contribution < -0.4 is 5.32 Å². The van der Waals surface area contributed by atoms with E-state index in [0.29, 0.717) is 18.7 Å². The van der Waals surface area contributed by atoms with E-state index in [0.717, 1.165) is 18.8 Å². The molecular weight excluding hydrogens is 230 g/mol. The quantitative estimate of drug-likeness (QED) is 0.768. The molecule has 5 heteroatoms. The number of nitrogens with one attached hydrogen (secondary N) is 1. The van der Waals surface area contributed by atoms with Crippen LogP contribution in [0.25, 0.3) is 0 Å². The Hall–Kier alpha value is -1.62. The lowest BCUT2D eigenvalue weighted by Gasteiger charge is -2.16. The Morgan fingerprint density at radius 3 is 2.94 bits per heavy atom. The normalized spacial score (nSPS) is 10.2. The van der Waals surface area contributed by atoms with E-state index in [1.165, 1.54) is 0 Å². The lowest BCUT2D eigenvalue weighted by Crippen LogP contribution is -2.29. The third-order valence-corrected chi connectivity index (χ3v) is 2.52. The molecule has 5 nitrogen and oxygen atoms in total. The van der Waals surface area contributed by atoms with Crippen molar-refractivity contribution in [2.75, 3.05) is 32.1 Å². The summed E-state index contributed by atoms with van der Waals surface area (Å²) in [4.78, 5) is 17.9. The third-order valence-electron chi connectivity index (χ3n) is 2.52. The Morgan fingerprint density at radius 2 is 2.28 bits per heavy atom. The fourth-order valence-corrected chi connectivity index (χ4v) is 1.51. The first kappa shape index (κ1) is 14.4. The number of carbonyl (C=O) groups is 1. The van der Waals surface area contributed by atoms with E-state index in [-0.39, 0.29) is 12.5 Å². The number of nitrogens with zero attached hydrogens (tertiary/aromatic N) is 2. The van der Waals surface area contributed by atoms with Gasteiger partial charge < -0.3 is 15.3 Å². The summed E-state index contributed by atoms with van der Waals surface area (Å²) in [6.45, 7) is 3.53. The van der Waals surface area contributed by atoms with E-state index in [1.807, 2.05) is 12.1 Å². The minimum Gasteiger partial charge on any atom is -0.396 e. The summed E-state index contributed by atoms with van der Waals surface area (Å²) in [6.07, 6.45) is 1.59. The molecule has 0 bridgehead atoms. The highest BCUT2D eigenvalue weighted by molar-refractivity contribution is 5.92. The minimum absolute atomic E-state index is 0.0865. The van der Waals surface area contributed by atoms with Crippen LogP contribution >= 0.6 is 0 Å². The van der Waals surface area contributed by atoms with Gasteiger partial charge in [-0.2, -0.15) is 0 Å². The van der Waals surface area contributed by atoms with Crippen molar-refractivity contribution in [1.29, 1.82) is 0 Å². The van der Waals surface area contributed by atoms with Gasteiger partial charge in [-0.15, -0.1) is 0 Å². The second-order valence-corrected chi connectivity index (χ2v) is 4.14. The SMILES string of the molecule is CCCNc1cccc(C(=O)N(C)CCCO)n1. The van der Waals surface area contributed by atoms with Crippen LogP contribution in [0.2, 0.25) is 0 Å². The molecule has 0 aromatic carbocycles. The van der Waals surface area contributed by atoms with Crippen LogP contribution in [0.15, 0.2) is 18.2 Å². The van der Waals surface area contributed by atoms with Gasteiger partial charge in [0.15, 0.2) is 0 Å². The van der Waals surface area contributed by atoms with E-state index >= 15 is 0 Å². The fourth-order valence-electron chi connectivity index (χ4n) is 1.51. The molecule has 1 heterocycles. The first-order valence-corrected chi connectivity index (χ1v) is 6.26. The number of aromatic nitrogens is 1. The molecule has 0 saturated carbocycles. The number of carbonyl (C=O) groups excluding carboxylic acids is 1. The molecule has 18 heavy (non-hydrogen) atoms. The van der Waals surface area contributed by atoms with Crippen molar-refractivity contribution in [3.63, 3.8) is 0 Å². The zero-order chi connectivity index (χ0) is 13.4. The molecule has 0 saturated heterocycles. The maximum atomic E-state index is 12.0. The lowest BCUT2D eigenvalue weighted by molar-refractivity contribution is 0.0780. The first-order chi connectivity index (χ1) is 8.69. The number of anilines is 1. The molecule has 0 aliphatic heterocycles. The number of hydrogen-bond donors (Lipinski definition) is 2. The molecule has 0 radical (unpaired) electrons. The molecule has 1 aromatic rings. The summed E-state index contributed by atoms with van der Waals surface area (Å²) in [5.41, 5.74) is 0.427. The van der Waals surface area contributed by atoms with Crippen LogP contribution in [0.4, 0.5) is 5.82 Å². The van der Waals surface area contributed by atoms with Gasteiger partial charge in [0.2, 0.25) is 0 Å². The lowest BCUT2D eigenvalue weighted by atomic mass is 10.3. The number of aliphatic hydroxyl groups excluding tert-OH is 1. The Morgan fingerprint density at radius 1 is 1.50 bits per heavy atom. The number of aliphatic hydroxyl groups is 1. The molecule has 1 amide bonds. The van der Waals surface area contributed by atoms with Gasteiger partial charge in [0.05, 0.1) is 0 Å². The summed E-state index contributed by atoms with van der Waals surface area (Å²) < 4.78 is 0. The highest BCUT2D eigenvalue weighted by atomic mass is 16.3. The summed E-state index contributed by atoms with van der Waals surface area (Å²) in [5, 5.41) is 11.9. The molecular formula is C13H21N3O2. The minimum atomic E-state index is -0.122. The molecule has 1 aromatic heterocycles. The zero-order valence-corrected chi connectivity index (χ0v) is 11.0. The van der Waals surface area contributed by atoms with Crippen molar-refractivity contribution < 1.29 is 9.90 Å². The molecule has 0 unspecified atom stereocenters. The average Bonchev–Trinajstić information content (AvgIpc) is 2.42. The highest BCUT2D eigenvalue weighted by Gasteiger charge is 2.12. The Kier molecular flexibility index (Phi) is 6.14. The summed E-state index contributed by atoms with van der Waals surface area (Å²) in [7, 11) is 1.71. The van der Waals surface area contributed by atoms with Gasteiger partial charge in [0, 0.05) is 26.7 Å². The number of amides is 1. The number of pyridine rings is 1. The predicted octanol–water partition coefficient (Wildman–Crippen LogP) is 1.36. The van der Waals surface area contributed by atoms with Crippen molar-refractivity contribution in [2.24, 2.45) is 0 Å². The van der Waals surface area contributed by atoms with Gasteiger partial charge in [-0.05, 0) is 25.0 Å². The summed E-state index contributed by atoms with van der Waals surface area (Å²) in [5.74, 6) is 0.599. The summed E-state index contributed by atoms with van der Waals surface area (Å²) >= 11 is 0. The second kappa shape index (κ2) is 7.66. The van der Waals surface area contributed by atoms with Crippen molar-refractivity contribution in [3.05, 3.63) is 23.9 Å². The maximum absolute atomic E-state index is 12.0. The van der Waals surface area contributed by atoms with Gasteiger partial charge in [-0.1, -0.05) is 13.0 Å². The van der Waals surface area contributed by atoms with Crippen molar-refractivity contribution in [1.82, 2.24) is 9.88 Å². The van der Waals surface area contributed by atoms with E-state index in [4.69, 9.17) is 5.11 Å². The highest BCUT2D eigenvalue weighted by Crippen LogP contribution is 2.07. The molecule has 0 aliphatic rings. The topological polar surface area (TPSA) is 65.5 Å².